The SMILES string of the molecule is O=C1c2oc3ccccc3c(=O)c2C(c2ccccc2)N1c1nc2ccccc2s1. The Hall–Kier alpha value is -3.77. The first-order chi connectivity index (χ1) is 14.7. The molecule has 5 aromatic rings. The number of carbonyl (C=O) groups is 1. The van der Waals surface area contributed by atoms with E-state index in [-0.39, 0.29) is 17.1 Å². The van der Waals surface area contributed by atoms with Gasteiger partial charge in [0.25, 0.3) is 5.91 Å². The van der Waals surface area contributed by atoms with E-state index < -0.39 is 6.04 Å². The van der Waals surface area contributed by atoms with Crippen molar-refractivity contribution < 1.29 is 9.21 Å². The van der Waals surface area contributed by atoms with Gasteiger partial charge in [0.1, 0.15) is 5.58 Å². The van der Waals surface area contributed by atoms with E-state index in [9.17, 15) is 9.59 Å². The van der Waals surface area contributed by atoms with Crippen molar-refractivity contribution in [1.82, 2.24) is 4.98 Å². The summed E-state index contributed by atoms with van der Waals surface area (Å²) in [7, 11) is 0. The third-order valence-electron chi connectivity index (χ3n) is 5.38. The van der Waals surface area contributed by atoms with Crippen molar-refractivity contribution in [2.45, 2.75) is 6.04 Å². The molecule has 2 aromatic heterocycles. The molecule has 0 fully saturated rings. The van der Waals surface area contributed by atoms with Crippen LogP contribution >= 0.6 is 11.3 Å². The summed E-state index contributed by atoms with van der Waals surface area (Å²) in [5, 5.41) is 1.01. The van der Waals surface area contributed by atoms with Crippen LogP contribution in [0.25, 0.3) is 21.2 Å². The number of nitrogens with zero attached hydrogens (tertiary/aromatic N) is 2. The minimum atomic E-state index is -0.588. The molecule has 0 aliphatic carbocycles. The highest BCUT2D eigenvalue weighted by molar-refractivity contribution is 7.22. The molecular formula is C24H14N2O3S. The number of benzene rings is 3. The zero-order valence-corrected chi connectivity index (χ0v) is 16.4. The lowest BCUT2D eigenvalue weighted by molar-refractivity contribution is 0.0971. The highest BCUT2D eigenvalue weighted by Gasteiger charge is 2.44. The van der Waals surface area contributed by atoms with Crippen molar-refractivity contribution in [3.05, 3.63) is 106 Å². The molecule has 6 heteroatoms. The molecule has 1 aliphatic heterocycles. The minimum Gasteiger partial charge on any atom is -0.450 e. The quantitative estimate of drug-likeness (QED) is 0.404. The van der Waals surface area contributed by atoms with Gasteiger partial charge in [-0.2, -0.15) is 0 Å². The monoisotopic (exact) mass is 410 g/mol. The molecule has 30 heavy (non-hydrogen) atoms. The summed E-state index contributed by atoms with van der Waals surface area (Å²) in [6.45, 7) is 0. The molecule has 0 bridgehead atoms. The van der Waals surface area contributed by atoms with Crippen molar-refractivity contribution in [2.24, 2.45) is 0 Å². The summed E-state index contributed by atoms with van der Waals surface area (Å²) in [5.41, 5.74) is 2.25. The fourth-order valence-electron chi connectivity index (χ4n) is 4.03. The van der Waals surface area contributed by atoms with E-state index in [1.165, 1.54) is 11.3 Å². The number of aromatic nitrogens is 1. The lowest BCUT2D eigenvalue weighted by Gasteiger charge is -2.22. The van der Waals surface area contributed by atoms with Crippen LogP contribution in [-0.4, -0.2) is 10.9 Å². The molecule has 0 N–H and O–H groups in total. The van der Waals surface area contributed by atoms with Crippen LogP contribution in [0.5, 0.6) is 0 Å². The summed E-state index contributed by atoms with van der Waals surface area (Å²) >= 11 is 1.43. The molecule has 1 unspecified atom stereocenters. The lowest BCUT2D eigenvalue weighted by Crippen LogP contribution is -2.29. The third-order valence-corrected chi connectivity index (χ3v) is 6.42. The fourth-order valence-corrected chi connectivity index (χ4v) is 5.02. The maximum atomic E-state index is 13.5. The van der Waals surface area contributed by atoms with Crippen LogP contribution in [-0.2, 0) is 0 Å². The second-order valence-corrected chi connectivity index (χ2v) is 8.13. The number of hydrogen-bond acceptors (Lipinski definition) is 5. The van der Waals surface area contributed by atoms with E-state index in [0.717, 1.165) is 15.8 Å². The third kappa shape index (κ3) is 2.37. The number of para-hydroxylation sites is 2. The van der Waals surface area contributed by atoms with Gasteiger partial charge in [-0.3, -0.25) is 14.5 Å². The Kier molecular flexibility index (Phi) is 3.63. The largest absolute Gasteiger partial charge is 0.450 e. The van der Waals surface area contributed by atoms with E-state index in [0.29, 0.717) is 21.7 Å². The second-order valence-electron chi connectivity index (χ2n) is 7.12. The van der Waals surface area contributed by atoms with E-state index in [1.807, 2.05) is 54.6 Å². The van der Waals surface area contributed by atoms with Crippen LogP contribution in [0, 0.1) is 0 Å². The van der Waals surface area contributed by atoms with Crippen LogP contribution < -0.4 is 10.3 Å². The molecule has 0 radical (unpaired) electrons. The summed E-state index contributed by atoms with van der Waals surface area (Å²) in [5.74, 6) is -0.257. The predicted molar refractivity (Wildman–Crippen MR) is 117 cm³/mol. The maximum Gasteiger partial charge on any atom is 0.297 e. The Morgan fingerprint density at radius 2 is 1.60 bits per heavy atom. The Balaban J connectivity index is 1.66. The van der Waals surface area contributed by atoms with Crippen LogP contribution in [0.1, 0.15) is 27.7 Å². The molecular weight excluding hydrogens is 396 g/mol. The van der Waals surface area contributed by atoms with Gasteiger partial charge in [0.2, 0.25) is 5.76 Å². The van der Waals surface area contributed by atoms with E-state index in [2.05, 4.69) is 4.98 Å². The first-order valence-electron chi connectivity index (χ1n) is 9.52. The molecule has 0 saturated heterocycles. The number of carbonyl (C=O) groups excluding carboxylic acids is 1. The Bertz CT molecular complexity index is 1470. The van der Waals surface area contributed by atoms with Gasteiger partial charge in [-0.1, -0.05) is 65.9 Å². The number of rotatable bonds is 2. The standard InChI is InChI=1S/C24H14N2O3S/c27-21-15-10-4-6-12-17(15)29-22-19(21)20(14-8-2-1-3-9-14)26(23(22)28)24-25-16-11-5-7-13-18(16)30-24/h1-13,20H. The topological polar surface area (TPSA) is 63.4 Å². The fraction of sp³-hybridized carbons (Fsp3) is 0.0417. The Labute approximate surface area is 174 Å². The van der Waals surface area contributed by atoms with Crippen molar-refractivity contribution in [3.8, 4) is 0 Å². The zero-order chi connectivity index (χ0) is 20.2. The van der Waals surface area contributed by atoms with E-state index >= 15 is 0 Å². The number of thiazole rings is 1. The highest BCUT2D eigenvalue weighted by atomic mass is 32.1. The Morgan fingerprint density at radius 1 is 0.867 bits per heavy atom. The van der Waals surface area contributed by atoms with Gasteiger partial charge < -0.3 is 4.42 Å². The van der Waals surface area contributed by atoms with Crippen molar-refractivity contribution in [3.63, 3.8) is 0 Å². The van der Waals surface area contributed by atoms with E-state index in [1.54, 1.807) is 29.2 Å². The lowest BCUT2D eigenvalue weighted by atomic mass is 9.99. The summed E-state index contributed by atoms with van der Waals surface area (Å²) in [4.78, 5) is 33.2. The van der Waals surface area contributed by atoms with Gasteiger partial charge in [-0.25, -0.2) is 4.98 Å². The highest BCUT2D eigenvalue weighted by Crippen LogP contribution is 2.43. The predicted octanol–water partition coefficient (Wildman–Crippen LogP) is 5.15. The maximum absolute atomic E-state index is 13.5. The summed E-state index contributed by atoms with van der Waals surface area (Å²) in [6, 6.07) is 23.7. The van der Waals surface area contributed by atoms with Gasteiger partial charge in [-0.15, -0.1) is 0 Å². The molecule has 3 heterocycles. The number of anilines is 1. The van der Waals surface area contributed by atoms with Gasteiger partial charge in [0.15, 0.2) is 10.6 Å². The average molecular weight is 410 g/mol. The van der Waals surface area contributed by atoms with Gasteiger partial charge >= 0.3 is 0 Å². The average Bonchev–Trinajstić information content (AvgIpc) is 3.33. The number of fused-ring (bicyclic) bond motifs is 3. The van der Waals surface area contributed by atoms with Crippen molar-refractivity contribution in [2.75, 3.05) is 4.90 Å². The number of hydrogen-bond donors (Lipinski definition) is 0. The molecule has 1 amide bonds. The minimum absolute atomic E-state index is 0.0896. The first kappa shape index (κ1) is 17.1. The molecule has 144 valence electrons. The Morgan fingerprint density at radius 3 is 2.43 bits per heavy atom. The molecule has 5 nitrogen and oxygen atoms in total. The normalized spacial score (nSPS) is 15.8. The number of amides is 1. The van der Waals surface area contributed by atoms with Crippen LogP contribution in [0.2, 0.25) is 0 Å². The molecule has 0 saturated carbocycles. The van der Waals surface area contributed by atoms with Crippen LogP contribution in [0.3, 0.4) is 0 Å². The molecule has 3 aromatic carbocycles. The van der Waals surface area contributed by atoms with Crippen molar-refractivity contribution in [1.29, 1.82) is 0 Å². The molecule has 1 aliphatic rings. The second kappa shape index (κ2) is 6.37. The molecule has 6 rings (SSSR count). The van der Waals surface area contributed by atoms with Crippen LogP contribution in [0.15, 0.2) is 88.1 Å². The first-order valence-corrected chi connectivity index (χ1v) is 10.3. The summed E-state index contributed by atoms with van der Waals surface area (Å²) in [6.07, 6.45) is 0. The molecule has 0 spiro atoms. The van der Waals surface area contributed by atoms with Crippen molar-refractivity contribution >= 4 is 43.6 Å². The van der Waals surface area contributed by atoms with Crippen LogP contribution in [0.4, 0.5) is 5.13 Å². The van der Waals surface area contributed by atoms with Gasteiger partial charge in [0.05, 0.1) is 27.2 Å². The smallest absolute Gasteiger partial charge is 0.297 e. The van der Waals surface area contributed by atoms with E-state index in [4.69, 9.17) is 4.42 Å². The summed E-state index contributed by atoms with van der Waals surface area (Å²) < 4.78 is 6.94. The zero-order valence-electron chi connectivity index (χ0n) is 15.6. The van der Waals surface area contributed by atoms with Gasteiger partial charge in [-0.05, 0) is 29.8 Å². The van der Waals surface area contributed by atoms with Gasteiger partial charge in [0, 0.05) is 0 Å². The molecule has 1 atom stereocenters.